The van der Waals surface area contributed by atoms with Gasteiger partial charge in [-0.1, -0.05) is 6.92 Å². The molecule has 0 aromatic carbocycles. The van der Waals surface area contributed by atoms with Crippen LogP contribution in [0.5, 0.6) is 0 Å². The van der Waals surface area contributed by atoms with Gasteiger partial charge in [0.15, 0.2) is 6.29 Å². The van der Waals surface area contributed by atoms with Gasteiger partial charge in [-0.25, -0.2) is 0 Å². The highest BCUT2D eigenvalue weighted by Crippen LogP contribution is 2.23. The van der Waals surface area contributed by atoms with E-state index in [9.17, 15) is 9.59 Å². The molecule has 6 nitrogen and oxygen atoms in total. The molecule has 1 saturated heterocycles. The zero-order valence-corrected chi connectivity index (χ0v) is 10.6. The number of hydrogen-bond acceptors (Lipinski definition) is 6. The lowest BCUT2D eigenvalue weighted by atomic mass is 10.4. The van der Waals surface area contributed by atoms with Gasteiger partial charge in [-0.15, -0.1) is 0 Å². The van der Waals surface area contributed by atoms with E-state index in [-0.39, 0.29) is 0 Å². The van der Waals surface area contributed by atoms with E-state index in [0.29, 0.717) is 12.7 Å². The maximum atomic E-state index is 11.0. The van der Waals surface area contributed by atoms with Crippen LogP contribution in [0.25, 0.3) is 0 Å². The van der Waals surface area contributed by atoms with E-state index < -0.39 is 27.0 Å². The molecule has 1 atom stereocenters. The Morgan fingerprint density at radius 1 is 1.31 bits per heavy atom. The van der Waals surface area contributed by atoms with Crippen LogP contribution >= 0.6 is 0 Å². The molecule has 1 fully saturated rings. The number of rotatable bonds is 5. The molecule has 0 aromatic rings. The average Bonchev–Trinajstić information content (AvgIpc) is 2.09. The Morgan fingerprint density at radius 2 is 1.81 bits per heavy atom. The zero-order valence-electron chi connectivity index (χ0n) is 9.65. The minimum absolute atomic E-state index is 0.339. The van der Waals surface area contributed by atoms with Gasteiger partial charge in [-0.3, -0.25) is 9.59 Å². The number of carbonyl (C=O) groups excluding carboxylic acids is 2. The maximum Gasteiger partial charge on any atom is 0.637 e. The number of hydrogen-bond donors (Lipinski definition) is 0. The normalized spacial score (nSPS) is 19.8. The fraction of sp³-hybridized carbons (Fsp3) is 0.778. The SMILES string of the molecule is CC[Si](OC(C)=O)(OC(C)=O)OC1CCO1. The molecule has 1 rings (SSSR count). The second kappa shape index (κ2) is 5.42. The molecule has 1 unspecified atom stereocenters. The maximum absolute atomic E-state index is 11.0. The molecule has 1 aliphatic rings. The Balaban J connectivity index is 2.68. The van der Waals surface area contributed by atoms with Crippen molar-refractivity contribution in [1.82, 2.24) is 0 Å². The first-order chi connectivity index (χ1) is 7.47. The molecule has 0 radical (unpaired) electrons. The van der Waals surface area contributed by atoms with E-state index in [0.717, 1.165) is 6.42 Å². The van der Waals surface area contributed by atoms with Crippen molar-refractivity contribution in [3.63, 3.8) is 0 Å². The van der Waals surface area contributed by atoms with Gasteiger partial charge < -0.3 is 18.0 Å². The fourth-order valence-corrected chi connectivity index (χ4v) is 3.30. The van der Waals surface area contributed by atoms with Crippen molar-refractivity contribution >= 4 is 20.7 Å². The largest absolute Gasteiger partial charge is 0.637 e. The molecule has 1 aliphatic heterocycles. The summed E-state index contributed by atoms with van der Waals surface area (Å²) < 4.78 is 20.7. The highest BCUT2D eigenvalue weighted by molar-refractivity contribution is 6.64. The van der Waals surface area contributed by atoms with E-state index >= 15 is 0 Å². The standard InChI is InChI=1S/C9H16O6Si/c1-4-16(13-7(2)10,14-8(3)11)15-9-5-6-12-9/h9H,4-6H2,1-3H3. The van der Waals surface area contributed by atoms with Crippen molar-refractivity contribution in [2.75, 3.05) is 6.61 Å². The molecule has 0 bridgehead atoms. The molecule has 0 spiro atoms. The van der Waals surface area contributed by atoms with E-state index in [2.05, 4.69) is 0 Å². The van der Waals surface area contributed by atoms with Gasteiger partial charge in [0.25, 0.3) is 11.9 Å². The Hall–Kier alpha value is -0.923. The van der Waals surface area contributed by atoms with E-state index in [1.54, 1.807) is 6.92 Å². The summed E-state index contributed by atoms with van der Waals surface area (Å²) in [6.45, 7) is 4.87. The van der Waals surface area contributed by atoms with Crippen LogP contribution in [-0.2, 0) is 27.6 Å². The summed E-state index contributed by atoms with van der Waals surface area (Å²) in [5.41, 5.74) is 0. The Kier molecular flexibility index (Phi) is 4.45. The molecule has 92 valence electrons. The summed E-state index contributed by atoms with van der Waals surface area (Å²) in [6, 6.07) is 0.339. The van der Waals surface area contributed by atoms with E-state index in [1.165, 1.54) is 13.8 Å². The Bertz CT molecular complexity index is 259. The van der Waals surface area contributed by atoms with Crippen molar-refractivity contribution in [1.29, 1.82) is 0 Å². The van der Waals surface area contributed by atoms with Gasteiger partial charge >= 0.3 is 8.80 Å². The van der Waals surface area contributed by atoms with Gasteiger partial charge in [-0.05, 0) is 0 Å². The quantitative estimate of drug-likeness (QED) is 0.671. The van der Waals surface area contributed by atoms with Crippen LogP contribution in [0.2, 0.25) is 6.04 Å². The predicted octanol–water partition coefficient (Wildman–Crippen LogP) is 0.834. The average molecular weight is 248 g/mol. The van der Waals surface area contributed by atoms with Crippen LogP contribution in [0.4, 0.5) is 0 Å². The van der Waals surface area contributed by atoms with Crippen molar-refractivity contribution in [3.8, 4) is 0 Å². The van der Waals surface area contributed by atoms with Crippen LogP contribution in [-0.4, -0.2) is 33.6 Å². The Morgan fingerprint density at radius 3 is 2.06 bits per heavy atom. The third-order valence-electron chi connectivity index (χ3n) is 2.00. The topological polar surface area (TPSA) is 71.1 Å². The molecule has 16 heavy (non-hydrogen) atoms. The highest BCUT2D eigenvalue weighted by Gasteiger charge is 2.49. The molecule has 7 heteroatoms. The third kappa shape index (κ3) is 3.58. The first-order valence-corrected chi connectivity index (χ1v) is 7.09. The second-order valence-corrected chi connectivity index (χ2v) is 6.15. The van der Waals surface area contributed by atoms with Crippen LogP contribution < -0.4 is 0 Å². The lowest BCUT2D eigenvalue weighted by Crippen LogP contribution is -2.52. The number of carbonyl (C=O) groups is 2. The summed E-state index contributed by atoms with van der Waals surface area (Å²) in [6.07, 6.45) is 0.294. The van der Waals surface area contributed by atoms with Gasteiger partial charge in [0, 0.05) is 26.3 Å². The van der Waals surface area contributed by atoms with Crippen molar-refractivity contribution in [2.24, 2.45) is 0 Å². The molecule has 0 aliphatic carbocycles. The monoisotopic (exact) mass is 248 g/mol. The molecule has 0 saturated carbocycles. The van der Waals surface area contributed by atoms with Crippen LogP contribution in [0.15, 0.2) is 0 Å². The van der Waals surface area contributed by atoms with Crippen molar-refractivity contribution in [2.45, 2.75) is 39.5 Å². The van der Waals surface area contributed by atoms with Gasteiger partial charge in [0.05, 0.1) is 6.61 Å². The van der Waals surface area contributed by atoms with Gasteiger partial charge in [0.2, 0.25) is 0 Å². The minimum atomic E-state index is -3.25. The Labute approximate surface area is 95.2 Å². The molecule has 0 aromatic heterocycles. The molecule has 1 heterocycles. The van der Waals surface area contributed by atoms with E-state index in [4.69, 9.17) is 18.0 Å². The summed E-state index contributed by atoms with van der Waals surface area (Å²) in [5, 5.41) is 0. The summed E-state index contributed by atoms with van der Waals surface area (Å²) >= 11 is 0. The van der Waals surface area contributed by atoms with Crippen LogP contribution in [0.3, 0.4) is 0 Å². The van der Waals surface area contributed by atoms with Crippen molar-refractivity contribution in [3.05, 3.63) is 0 Å². The van der Waals surface area contributed by atoms with Crippen molar-refractivity contribution < 1.29 is 27.6 Å². The summed E-state index contributed by atoms with van der Waals surface area (Å²) in [7, 11) is -3.25. The predicted molar refractivity (Wildman–Crippen MR) is 55.2 cm³/mol. The molecule has 0 N–H and O–H groups in total. The lowest BCUT2D eigenvalue weighted by molar-refractivity contribution is -0.193. The zero-order chi connectivity index (χ0) is 12.2. The highest BCUT2D eigenvalue weighted by atomic mass is 28.4. The minimum Gasteiger partial charge on any atom is -0.464 e. The second-order valence-electron chi connectivity index (χ2n) is 3.43. The third-order valence-corrected chi connectivity index (χ3v) is 4.68. The summed E-state index contributed by atoms with van der Waals surface area (Å²) in [4.78, 5) is 22.0. The molecule has 0 amide bonds. The van der Waals surface area contributed by atoms with Gasteiger partial charge in [-0.2, -0.15) is 0 Å². The summed E-state index contributed by atoms with van der Waals surface area (Å²) in [5.74, 6) is -1.04. The fourth-order valence-electron chi connectivity index (χ4n) is 1.24. The molecular formula is C9H16O6Si. The smallest absolute Gasteiger partial charge is 0.464 e. The van der Waals surface area contributed by atoms with Crippen LogP contribution in [0.1, 0.15) is 27.2 Å². The lowest BCUT2D eigenvalue weighted by Gasteiger charge is -2.34. The molecular weight excluding hydrogens is 232 g/mol. The number of ether oxygens (including phenoxy) is 1. The van der Waals surface area contributed by atoms with Crippen LogP contribution in [0, 0.1) is 0 Å². The van der Waals surface area contributed by atoms with E-state index in [1.807, 2.05) is 0 Å². The van der Waals surface area contributed by atoms with Gasteiger partial charge in [0.1, 0.15) is 0 Å². The first-order valence-electron chi connectivity index (χ1n) is 5.16. The first kappa shape index (κ1) is 13.1.